The van der Waals surface area contributed by atoms with Gasteiger partial charge in [-0.2, -0.15) is 24.9 Å². The normalized spacial score (nSPS) is 23.6. The largest absolute Gasteiger partial charge is 0.401 e. The molecule has 0 bridgehead atoms. The summed E-state index contributed by atoms with van der Waals surface area (Å²) in [6.45, 7) is 4.41. The van der Waals surface area contributed by atoms with Crippen molar-refractivity contribution in [3.63, 3.8) is 0 Å². The zero-order valence-electron chi connectivity index (χ0n) is 9.52. The topological polar surface area (TPSA) is 15.3 Å². The van der Waals surface area contributed by atoms with Crippen LogP contribution in [0.15, 0.2) is 0 Å². The van der Waals surface area contributed by atoms with Crippen molar-refractivity contribution in [1.29, 1.82) is 0 Å². The van der Waals surface area contributed by atoms with Gasteiger partial charge >= 0.3 is 6.18 Å². The fourth-order valence-electron chi connectivity index (χ4n) is 1.70. The standard InChI is InChI=1S/C10H19F3N2S/c1-2-9-7-15(5-6-16-9)4-3-14-8-10(11,12)13/h9,14H,2-8H2,1H3. The number of hydrogen-bond donors (Lipinski definition) is 1. The summed E-state index contributed by atoms with van der Waals surface area (Å²) in [5, 5.41) is 3.08. The molecule has 0 radical (unpaired) electrons. The van der Waals surface area contributed by atoms with E-state index in [0.29, 0.717) is 18.3 Å². The molecule has 0 aliphatic carbocycles. The molecule has 1 fully saturated rings. The first-order valence-electron chi connectivity index (χ1n) is 5.62. The summed E-state index contributed by atoms with van der Waals surface area (Å²) >= 11 is 1.97. The van der Waals surface area contributed by atoms with Crippen molar-refractivity contribution < 1.29 is 13.2 Å². The molecule has 1 heterocycles. The van der Waals surface area contributed by atoms with Gasteiger partial charge in [-0.15, -0.1) is 0 Å². The van der Waals surface area contributed by atoms with Gasteiger partial charge in [0.1, 0.15) is 0 Å². The summed E-state index contributed by atoms with van der Waals surface area (Å²) in [5.74, 6) is 1.10. The lowest BCUT2D eigenvalue weighted by atomic mass is 10.3. The Bertz CT molecular complexity index is 199. The van der Waals surface area contributed by atoms with Crippen molar-refractivity contribution in [2.24, 2.45) is 0 Å². The highest BCUT2D eigenvalue weighted by Crippen LogP contribution is 2.20. The van der Waals surface area contributed by atoms with E-state index in [1.54, 1.807) is 0 Å². The lowest BCUT2D eigenvalue weighted by Crippen LogP contribution is -2.42. The zero-order chi connectivity index (χ0) is 12.0. The molecule has 1 rings (SSSR count). The van der Waals surface area contributed by atoms with E-state index in [2.05, 4.69) is 17.1 Å². The highest BCUT2D eigenvalue weighted by atomic mass is 32.2. The minimum absolute atomic E-state index is 0.417. The van der Waals surface area contributed by atoms with E-state index in [4.69, 9.17) is 0 Å². The van der Waals surface area contributed by atoms with Crippen LogP contribution in [-0.4, -0.2) is 54.8 Å². The summed E-state index contributed by atoms with van der Waals surface area (Å²) < 4.78 is 35.6. The van der Waals surface area contributed by atoms with Gasteiger partial charge in [-0.05, 0) is 6.42 Å². The molecule has 16 heavy (non-hydrogen) atoms. The summed E-state index contributed by atoms with van der Waals surface area (Å²) in [6.07, 6.45) is -2.96. The Kier molecular flexibility index (Phi) is 5.92. The van der Waals surface area contributed by atoms with Gasteiger partial charge in [0.25, 0.3) is 0 Å². The molecule has 0 aromatic heterocycles. The third-order valence-electron chi connectivity index (χ3n) is 2.61. The predicted octanol–water partition coefficient (Wildman–Crippen LogP) is 1.97. The van der Waals surface area contributed by atoms with Crippen LogP contribution in [0.25, 0.3) is 0 Å². The highest BCUT2D eigenvalue weighted by Gasteiger charge is 2.26. The second-order valence-corrected chi connectivity index (χ2v) is 5.40. The van der Waals surface area contributed by atoms with Crippen molar-refractivity contribution in [2.75, 3.05) is 38.5 Å². The van der Waals surface area contributed by atoms with Crippen LogP contribution in [0.4, 0.5) is 13.2 Å². The Balaban J connectivity index is 2.08. The van der Waals surface area contributed by atoms with E-state index in [1.807, 2.05) is 11.8 Å². The Morgan fingerprint density at radius 1 is 1.44 bits per heavy atom. The molecule has 1 saturated heterocycles. The number of rotatable bonds is 5. The van der Waals surface area contributed by atoms with Gasteiger partial charge in [0.2, 0.25) is 0 Å². The minimum Gasteiger partial charge on any atom is -0.307 e. The second kappa shape index (κ2) is 6.71. The van der Waals surface area contributed by atoms with Crippen LogP contribution in [0.3, 0.4) is 0 Å². The fraction of sp³-hybridized carbons (Fsp3) is 1.00. The minimum atomic E-state index is -4.09. The smallest absolute Gasteiger partial charge is 0.307 e. The molecule has 0 saturated carbocycles. The van der Waals surface area contributed by atoms with Gasteiger partial charge in [0.05, 0.1) is 6.54 Å². The highest BCUT2D eigenvalue weighted by molar-refractivity contribution is 8.00. The molecular formula is C10H19F3N2S. The van der Waals surface area contributed by atoms with E-state index in [9.17, 15) is 13.2 Å². The van der Waals surface area contributed by atoms with Crippen molar-refractivity contribution in [2.45, 2.75) is 24.8 Å². The summed E-state index contributed by atoms with van der Waals surface area (Å²) in [4.78, 5) is 2.24. The fourth-order valence-corrected chi connectivity index (χ4v) is 2.95. The van der Waals surface area contributed by atoms with Crippen molar-refractivity contribution >= 4 is 11.8 Å². The Morgan fingerprint density at radius 3 is 2.81 bits per heavy atom. The van der Waals surface area contributed by atoms with E-state index in [-0.39, 0.29) is 0 Å². The number of hydrogen-bond acceptors (Lipinski definition) is 3. The second-order valence-electron chi connectivity index (χ2n) is 3.99. The molecule has 1 unspecified atom stereocenters. The van der Waals surface area contributed by atoms with Crippen LogP contribution in [0.2, 0.25) is 0 Å². The molecule has 1 aliphatic heterocycles. The van der Waals surface area contributed by atoms with Gasteiger partial charge in [-0.25, -0.2) is 0 Å². The molecule has 1 N–H and O–H groups in total. The first-order valence-corrected chi connectivity index (χ1v) is 6.67. The summed E-state index contributed by atoms with van der Waals surface area (Å²) in [5.41, 5.74) is 0. The molecule has 96 valence electrons. The Morgan fingerprint density at radius 2 is 2.19 bits per heavy atom. The van der Waals surface area contributed by atoms with Crippen LogP contribution in [0.1, 0.15) is 13.3 Å². The van der Waals surface area contributed by atoms with Gasteiger partial charge in [-0.3, -0.25) is 0 Å². The van der Waals surface area contributed by atoms with Gasteiger partial charge in [0, 0.05) is 37.2 Å². The van der Waals surface area contributed by atoms with E-state index < -0.39 is 12.7 Å². The third-order valence-corrected chi connectivity index (χ3v) is 3.98. The quantitative estimate of drug-likeness (QED) is 0.757. The SMILES string of the molecule is CCC1CN(CCNCC(F)(F)F)CCS1. The average Bonchev–Trinajstić information content (AvgIpc) is 2.23. The van der Waals surface area contributed by atoms with E-state index in [1.165, 1.54) is 0 Å². The number of nitrogens with one attached hydrogen (secondary N) is 1. The molecule has 0 aromatic carbocycles. The molecule has 2 nitrogen and oxygen atoms in total. The Labute approximate surface area is 98.9 Å². The van der Waals surface area contributed by atoms with Crippen LogP contribution < -0.4 is 5.32 Å². The number of alkyl halides is 3. The van der Waals surface area contributed by atoms with Crippen molar-refractivity contribution in [3.05, 3.63) is 0 Å². The monoisotopic (exact) mass is 256 g/mol. The maximum atomic E-state index is 11.9. The molecule has 1 atom stereocenters. The first kappa shape index (κ1) is 14.1. The number of nitrogens with zero attached hydrogens (tertiary/aromatic N) is 1. The van der Waals surface area contributed by atoms with Crippen LogP contribution in [0, 0.1) is 0 Å². The van der Waals surface area contributed by atoms with E-state index in [0.717, 1.165) is 25.3 Å². The van der Waals surface area contributed by atoms with Gasteiger partial charge in [0.15, 0.2) is 0 Å². The maximum Gasteiger partial charge on any atom is 0.401 e. The van der Waals surface area contributed by atoms with E-state index >= 15 is 0 Å². The Hall–Kier alpha value is 0.0600. The zero-order valence-corrected chi connectivity index (χ0v) is 10.3. The van der Waals surface area contributed by atoms with Gasteiger partial charge < -0.3 is 10.2 Å². The third kappa shape index (κ3) is 5.96. The molecule has 6 heteroatoms. The summed E-state index contributed by atoms with van der Waals surface area (Å²) in [7, 11) is 0. The summed E-state index contributed by atoms with van der Waals surface area (Å²) in [6, 6.07) is 0. The molecule has 0 spiro atoms. The number of thioether (sulfide) groups is 1. The van der Waals surface area contributed by atoms with Crippen molar-refractivity contribution in [3.8, 4) is 0 Å². The molecule has 1 aliphatic rings. The molecule has 0 aromatic rings. The maximum absolute atomic E-state index is 11.9. The molecule has 0 amide bonds. The lowest BCUT2D eigenvalue weighted by Gasteiger charge is -2.31. The van der Waals surface area contributed by atoms with Crippen LogP contribution in [0.5, 0.6) is 0 Å². The predicted molar refractivity (Wildman–Crippen MR) is 61.9 cm³/mol. The lowest BCUT2D eigenvalue weighted by molar-refractivity contribution is -0.124. The van der Waals surface area contributed by atoms with Crippen LogP contribution >= 0.6 is 11.8 Å². The number of halogens is 3. The van der Waals surface area contributed by atoms with Gasteiger partial charge in [-0.1, -0.05) is 6.92 Å². The van der Waals surface area contributed by atoms with Crippen LogP contribution in [-0.2, 0) is 0 Å². The molecular weight excluding hydrogens is 237 g/mol. The average molecular weight is 256 g/mol. The van der Waals surface area contributed by atoms with Crippen molar-refractivity contribution in [1.82, 2.24) is 10.2 Å². The first-order chi connectivity index (χ1) is 7.51.